The minimum Gasteiger partial charge on any atom is -0.277 e. The molecule has 0 aliphatic heterocycles. The molecule has 0 fully saturated rings. The first-order valence-corrected chi connectivity index (χ1v) is 5.01. The number of H-pyrrole nitrogens is 1. The number of benzene rings is 1. The van der Waals surface area contributed by atoms with Crippen LogP contribution in [0.15, 0.2) is 23.8 Å². The van der Waals surface area contributed by atoms with Crippen molar-refractivity contribution in [3.05, 3.63) is 35.3 Å². The van der Waals surface area contributed by atoms with Crippen LogP contribution in [-0.4, -0.2) is 10.2 Å². The van der Waals surface area contributed by atoms with Crippen LogP contribution in [0.1, 0.15) is 27.4 Å². The van der Waals surface area contributed by atoms with Gasteiger partial charge in [-0.25, -0.2) is 4.39 Å². The Morgan fingerprint density at radius 2 is 2.40 bits per heavy atom. The molecule has 0 spiro atoms. The van der Waals surface area contributed by atoms with E-state index in [1.165, 1.54) is 17.7 Å². The number of aromatic nitrogens is 2. The third-order valence-electron chi connectivity index (χ3n) is 2.49. The molecule has 0 amide bonds. The molecule has 0 radical (unpaired) electrons. The smallest absolute Gasteiger partial charge is 0.124 e. The minimum absolute atomic E-state index is 0. The van der Waals surface area contributed by atoms with Gasteiger partial charge in [-0.15, -0.1) is 0 Å². The van der Waals surface area contributed by atoms with E-state index in [0.717, 1.165) is 23.0 Å². The lowest BCUT2D eigenvalue weighted by atomic mass is 10.1. The van der Waals surface area contributed by atoms with E-state index in [4.69, 9.17) is 0 Å². The quantitative estimate of drug-likeness (QED) is 0.796. The average Bonchev–Trinajstić information content (AvgIpc) is 2.61. The standard InChI is InChI=1S/C12H13FN2.H2/c1-3-8(2)6-12-10-7-9(13)4-5-11(10)14-15-12;/h4-7H,3H2,1-2H3,(H,14,15);1H/b8-6+;. The molecule has 80 valence electrons. The average molecular weight is 206 g/mol. The highest BCUT2D eigenvalue weighted by Gasteiger charge is 2.03. The fourth-order valence-electron chi connectivity index (χ4n) is 1.46. The molecule has 2 aromatic rings. The SMILES string of the molecule is CC/C(C)=C/c1[nH]nc2ccc(F)cc12.[HH]. The van der Waals surface area contributed by atoms with E-state index in [1.54, 1.807) is 6.07 Å². The molecule has 0 aliphatic rings. The largest absolute Gasteiger partial charge is 0.277 e. The molecule has 15 heavy (non-hydrogen) atoms. The number of halogens is 1. The summed E-state index contributed by atoms with van der Waals surface area (Å²) in [5.74, 6) is -0.229. The van der Waals surface area contributed by atoms with E-state index < -0.39 is 0 Å². The van der Waals surface area contributed by atoms with E-state index in [9.17, 15) is 4.39 Å². The van der Waals surface area contributed by atoms with Gasteiger partial charge in [0, 0.05) is 6.81 Å². The van der Waals surface area contributed by atoms with Gasteiger partial charge in [-0.1, -0.05) is 12.5 Å². The summed E-state index contributed by atoms with van der Waals surface area (Å²) in [5, 5.41) is 7.86. The van der Waals surface area contributed by atoms with Crippen molar-refractivity contribution in [1.29, 1.82) is 0 Å². The fraction of sp³-hybridized carbons (Fsp3) is 0.250. The van der Waals surface area contributed by atoms with Gasteiger partial charge in [-0.2, -0.15) is 5.10 Å². The molecule has 0 bridgehead atoms. The summed E-state index contributed by atoms with van der Waals surface area (Å²) in [5.41, 5.74) is 2.92. The third-order valence-corrected chi connectivity index (χ3v) is 2.49. The van der Waals surface area contributed by atoms with E-state index in [0.29, 0.717) is 0 Å². The number of hydrogen-bond donors (Lipinski definition) is 1. The molecular formula is C12H15FN2. The van der Waals surface area contributed by atoms with E-state index in [-0.39, 0.29) is 7.24 Å². The van der Waals surface area contributed by atoms with Gasteiger partial charge in [-0.3, -0.25) is 5.10 Å². The second-order valence-electron chi connectivity index (χ2n) is 3.64. The molecule has 1 N–H and O–H groups in total. The summed E-state index contributed by atoms with van der Waals surface area (Å²) in [6, 6.07) is 4.61. The molecule has 2 rings (SSSR count). The van der Waals surface area contributed by atoms with Crippen molar-refractivity contribution >= 4 is 17.0 Å². The summed E-state index contributed by atoms with van der Waals surface area (Å²) in [6.45, 7) is 4.14. The topological polar surface area (TPSA) is 28.7 Å². The van der Waals surface area contributed by atoms with Crippen molar-refractivity contribution in [3.8, 4) is 0 Å². The lowest BCUT2D eigenvalue weighted by molar-refractivity contribution is 0.629. The van der Waals surface area contributed by atoms with Crippen LogP contribution in [-0.2, 0) is 0 Å². The van der Waals surface area contributed by atoms with Crippen LogP contribution in [0.5, 0.6) is 0 Å². The lowest BCUT2D eigenvalue weighted by Gasteiger charge is -1.94. The highest BCUT2D eigenvalue weighted by molar-refractivity contribution is 5.86. The second-order valence-corrected chi connectivity index (χ2v) is 3.64. The monoisotopic (exact) mass is 206 g/mol. The predicted octanol–water partition coefficient (Wildman–Crippen LogP) is 3.76. The highest BCUT2D eigenvalue weighted by Crippen LogP contribution is 2.19. The van der Waals surface area contributed by atoms with Crippen molar-refractivity contribution < 1.29 is 5.82 Å². The first-order valence-electron chi connectivity index (χ1n) is 5.01. The Bertz CT molecular complexity index is 517. The highest BCUT2D eigenvalue weighted by atomic mass is 19.1. The molecule has 0 saturated heterocycles. The second kappa shape index (κ2) is 3.85. The van der Waals surface area contributed by atoms with Crippen LogP contribution in [0.4, 0.5) is 4.39 Å². The van der Waals surface area contributed by atoms with Crippen molar-refractivity contribution in [1.82, 2.24) is 10.2 Å². The van der Waals surface area contributed by atoms with Crippen LogP contribution in [0.25, 0.3) is 17.0 Å². The van der Waals surface area contributed by atoms with Gasteiger partial charge in [-0.05, 0) is 37.6 Å². The van der Waals surface area contributed by atoms with Gasteiger partial charge >= 0.3 is 0 Å². The third kappa shape index (κ3) is 1.91. The van der Waals surface area contributed by atoms with E-state index in [1.807, 2.05) is 13.0 Å². The zero-order chi connectivity index (χ0) is 10.8. The molecule has 1 aromatic heterocycles. The molecule has 3 heteroatoms. The van der Waals surface area contributed by atoms with Crippen molar-refractivity contribution in [2.45, 2.75) is 20.3 Å². The summed E-state index contributed by atoms with van der Waals surface area (Å²) >= 11 is 0. The molecule has 2 nitrogen and oxygen atoms in total. The van der Waals surface area contributed by atoms with E-state index in [2.05, 4.69) is 17.1 Å². The van der Waals surface area contributed by atoms with Gasteiger partial charge in [0.2, 0.25) is 0 Å². The molecule has 0 unspecified atom stereocenters. The predicted molar refractivity (Wildman–Crippen MR) is 62.1 cm³/mol. The normalized spacial score (nSPS) is 12.3. The van der Waals surface area contributed by atoms with Crippen molar-refractivity contribution in [3.63, 3.8) is 0 Å². The number of nitrogens with one attached hydrogen (secondary N) is 1. The number of fused-ring (bicyclic) bond motifs is 1. The fourth-order valence-corrected chi connectivity index (χ4v) is 1.46. The van der Waals surface area contributed by atoms with Crippen LogP contribution in [0.3, 0.4) is 0 Å². The summed E-state index contributed by atoms with van der Waals surface area (Å²) in [4.78, 5) is 0. The van der Waals surface area contributed by atoms with E-state index >= 15 is 0 Å². The van der Waals surface area contributed by atoms with Crippen LogP contribution >= 0.6 is 0 Å². The van der Waals surface area contributed by atoms with Gasteiger partial charge in [0.25, 0.3) is 0 Å². The summed E-state index contributed by atoms with van der Waals surface area (Å²) < 4.78 is 13.1. The van der Waals surface area contributed by atoms with Crippen LogP contribution in [0.2, 0.25) is 0 Å². The Balaban J connectivity index is 0.00000128. The zero-order valence-electron chi connectivity index (χ0n) is 8.84. The van der Waals surface area contributed by atoms with Gasteiger partial charge in [0.1, 0.15) is 5.82 Å². The number of aromatic amines is 1. The van der Waals surface area contributed by atoms with Crippen molar-refractivity contribution in [2.75, 3.05) is 0 Å². The van der Waals surface area contributed by atoms with Crippen LogP contribution in [0, 0.1) is 5.82 Å². The molecular weight excluding hydrogens is 191 g/mol. The zero-order valence-corrected chi connectivity index (χ0v) is 8.84. The number of rotatable bonds is 2. The summed E-state index contributed by atoms with van der Waals surface area (Å²) in [6.07, 6.45) is 2.99. The lowest BCUT2D eigenvalue weighted by Crippen LogP contribution is -1.77. The molecule has 0 aliphatic carbocycles. The Kier molecular flexibility index (Phi) is 2.54. The van der Waals surface area contributed by atoms with Gasteiger partial charge in [0.05, 0.1) is 11.2 Å². The first-order chi connectivity index (χ1) is 7.20. The first kappa shape index (κ1) is 9.90. The molecule has 0 atom stereocenters. The maximum atomic E-state index is 13.1. The maximum Gasteiger partial charge on any atom is 0.124 e. The number of allylic oxidation sites excluding steroid dienone is 1. The Morgan fingerprint density at radius 3 is 3.13 bits per heavy atom. The molecule has 1 heterocycles. The Hall–Kier alpha value is -1.64. The maximum absolute atomic E-state index is 13.1. The minimum atomic E-state index is -0.229. The van der Waals surface area contributed by atoms with Crippen LogP contribution < -0.4 is 0 Å². The molecule has 0 saturated carbocycles. The van der Waals surface area contributed by atoms with Gasteiger partial charge < -0.3 is 0 Å². The Morgan fingerprint density at radius 1 is 1.60 bits per heavy atom. The Labute approximate surface area is 89.3 Å². The molecule has 1 aromatic carbocycles. The van der Waals surface area contributed by atoms with Crippen molar-refractivity contribution in [2.24, 2.45) is 0 Å². The summed E-state index contributed by atoms with van der Waals surface area (Å²) in [7, 11) is 0. The number of nitrogens with zero attached hydrogens (tertiary/aromatic N) is 1. The van der Waals surface area contributed by atoms with Gasteiger partial charge in [0.15, 0.2) is 0 Å². The number of hydrogen-bond acceptors (Lipinski definition) is 1.